The van der Waals surface area contributed by atoms with Gasteiger partial charge in [0, 0.05) is 43.1 Å². The van der Waals surface area contributed by atoms with Crippen molar-refractivity contribution in [3.8, 4) is 22.7 Å². The van der Waals surface area contributed by atoms with Gasteiger partial charge in [-0.1, -0.05) is 18.2 Å². The molecule has 2 aromatic carbocycles. The summed E-state index contributed by atoms with van der Waals surface area (Å²) in [7, 11) is 1.53. The highest BCUT2D eigenvalue weighted by atomic mass is 19.1. The first kappa shape index (κ1) is 19.6. The summed E-state index contributed by atoms with van der Waals surface area (Å²) in [6, 6.07) is 14.7. The van der Waals surface area contributed by atoms with Gasteiger partial charge >= 0.3 is 0 Å². The van der Waals surface area contributed by atoms with Gasteiger partial charge in [-0.15, -0.1) is 0 Å². The fraction of sp³-hybridized carbons (Fsp3) is 0.348. The molecule has 0 unspecified atom stereocenters. The molecule has 1 aliphatic heterocycles. The van der Waals surface area contributed by atoms with E-state index in [0.717, 1.165) is 37.2 Å². The van der Waals surface area contributed by atoms with Gasteiger partial charge in [-0.2, -0.15) is 5.10 Å². The van der Waals surface area contributed by atoms with E-state index >= 15 is 0 Å². The van der Waals surface area contributed by atoms with Crippen molar-refractivity contribution in [3.63, 3.8) is 0 Å². The van der Waals surface area contributed by atoms with Crippen molar-refractivity contribution in [2.45, 2.75) is 19.4 Å². The fourth-order valence-corrected chi connectivity index (χ4v) is 3.96. The third kappa shape index (κ3) is 4.33. The number of hydrogen-bond donors (Lipinski definition) is 1. The van der Waals surface area contributed by atoms with E-state index in [2.05, 4.69) is 4.90 Å². The quantitative estimate of drug-likeness (QED) is 0.688. The van der Waals surface area contributed by atoms with Crippen molar-refractivity contribution >= 4 is 0 Å². The Balaban J connectivity index is 1.71. The van der Waals surface area contributed by atoms with E-state index in [1.807, 2.05) is 41.2 Å². The van der Waals surface area contributed by atoms with Crippen molar-refractivity contribution in [1.29, 1.82) is 0 Å². The number of aliphatic hydroxyl groups excluding tert-OH is 1. The van der Waals surface area contributed by atoms with Gasteiger partial charge in [0.05, 0.1) is 12.8 Å². The third-order valence-electron chi connectivity index (χ3n) is 5.50. The summed E-state index contributed by atoms with van der Waals surface area (Å²) in [6.07, 6.45) is 4.09. The van der Waals surface area contributed by atoms with Crippen LogP contribution in [-0.4, -0.2) is 46.6 Å². The first-order valence-electron chi connectivity index (χ1n) is 9.99. The Kier molecular flexibility index (Phi) is 5.92. The number of ether oxygens (including phenoxy) is 1. The van der Waals surface area contributed by atoms with Gasteiger partial charge in [0.15, 0.2) is 0 Å². The van der Waals surface area contributed by atoms with Gasteiger partial charge in [-0.25, -0.2) is 9.07 Å². The summed E-state index contributed by atoms with van der Waals surface area (Å²) >= 11 is 0. The van der Waals surface area contributed by atoms with Crippen molar-refractivity contribution in [2.75, 3.05) is 26.8 Å². The molecular weight excluding hydrogens is 369 g/mol. The molecule has 1 aromatic heterocycles. The Morgan fingerprint density at radius 1 is 1.21 bits per heavy atom. The van der Waals surface area contributed by atoms with Crippen LogP contribution in [0, 0.1) is 11.7 Å². The SMILES string of the molecule is COc1ccc(-c2nn(-c3ccccc3)cc2CN2CCC[C@@H](CO)C2)c(F)c1. The summed E-state index contributed by atoms with van der Waals surface area (Å²) < 4.78 is 21.8. The standard InChI is InChI=1S/C23H26FN3O2/c1-29-20-9-10-21(22(24)12-20)23-18(14-26-11-5-6-17(13-26)16-28)15-27(25-23)19-7-3-2-4-8-19/h2-4,7-10,12,15,17,28H,5-6,11,13-14,16H2,1H3/t17-/m1/s1. The van der Waals surface area contributed by atoms with E-state index in [4.69, 9.17) is 9.84 Å². The van der Waals surface area contributed by atoms with Crippen molar-refractivity contribution in [2.24, 2.45) is 5.92 Å². The van der Waals surface area contributed by atoms with Gasteiger partial charge < -0.3 is 9.84 Å². The molecular formula is C23H26FN3O2. The van der Waals surface area contributed by atoms with Crippen LogP contribution in [-0.2, 0) is 6.54 Å². The van der Waals surface area contributed by atoms with Crippen LogP contribution in [0.3, 0.4) is 0 Å². The molecule has 1 aliphatic rings. The number of halogens is 1. The molecule has 1 fully saturated rings. The normalized spacial score (nSPS) is 17.4. The lowest BCUT2D eigenvalue weighted by Gasteiger charge is -2.31. The number of aliphatic hydroxyl groups is 1. The number of para-hydroxylation sites is 1. The highest BCUT2D eigenvalue weighted by Gasteiger charge is 2.23. The number of piperidine rings is 1. The smallest absolute Gasteiger partial charge is 0.136 e. The van der Waals surface area contributed by atoms with E-state index in [1.165, 1.54) is 13.2 Å². The second kappa shape index (κ2) is 8.76. The van der Waals surface area contributed by atoms with Crippen LogP contribution in [0.4, 0.5) is 4.39 Å². The lowest BCUT2D eigenvalue weighted by Crippen LogP contribution is -2.36. The third-order valence-corrected chi connectivity index (χ3v) is 5.50. The molecule has 0 bridgehead atoms. The average molecular weight is 395 g/mol. The number of aromatic nitrogens is 2. The number of likely N-dealkylation sites (tertiary alicyclic amines) is 1. The molecule has 29 heavy (non-hydrogen) atoms. The molecule has 1 saturated heterocycles. The minimum Gasteiger partial charge on any atom is -0.497 e. The van der Waals surface area contributed by atoms with Crippen LogP contribution in [0.1, 0.15) is 18.4 Å². The second-order valence-electron chi connectivity index (χ2n) is 7.55. The minimum atomic E-state index is -0.351. The Bertz CT molecular complexity index is 958. The first-order valence-corrected chi connectivity index (χ1v) is 9.99. The number of rotatable bonds is 6. The summed E-state index contributed by atoms with van der Waals surface area (Å²) in [6.45, 7) is 2.69. The average Bonchev–Trinajstić information content (AvgIpc) is 3.17. The Morgan fingerprint density at radius 3 is 2.76 bits per heavy atom. The summed E-state index contributed by atoms with van der Waals surface area (Å²) in [5.74, 6) is 0.432. The van der Waals surface area contributed by atoms with Crippen LogP contribution in [0.15, 0.2) is 54.7 Å². The zero-order valence-corrected chi connectivity index (χ0v) is 16.6. The van der Waals surface area contributed by atoms with Crippen LogP contribution < -0.4 is 4.74 Å². The minimum absolute atomic E-state index is 0.208. The molecule has 152 valence electrons. The van der Waals surface area contributed by atoms with Crippen molar-refractivity contribution in [3.05, 3.63) is 66.1 Å². The predicted molar refractivity (Wildman–Crippen MR) is 111 cm³/mol. The molecule has 2 heterocycles. The number of nitrogens with zero attached hydrogens (tertiary/aromatic N) is 3. The summed E-state index contributed by atoms with van der Waals surface area (Å²) in [4.78, 5) is 2.32. The molecule has 0 radical (unpaired) electrons. The van der Waals surface area contributed by atoms with E-state index in [0.29, 0.717) is 29.5 Å². The van der Waals surface area contributed by atoms with Crippen LogP contribution in [0.2, 0.25) is 0 Å². The van der Waals surface area contributed by atoms with Crippen molar-refractivity contribution < 1.29 is 14.2 Å². The molecule has 0 aliphatic carbocycles. The van der Waals surface area contributed by atoms with Crippen LogP contribution in [0.25, 0.3) is 16.9 Å². The van der Waals surface area contributed by atoms with Gasteiger partial charge in [-0.3, -0.25) is 4.90 Å². The van der Waals surface area contributed by atoms with Crippen LogP contribution >= 0.6 is 0 Å². The zero-order chi connectivity index (χ0) is 20.2. The van der Waals surface area contributed by atoms with E-state index < -0.39 is 0 Å². The lowest BCUT2D eigenvalue weighted by atomic mass is 9.98. The Labute approximate surface area is 170 Å². The number of hydrogen-bond acceptors (Lipinski definition) is 4. The lowest BCUT2D eigenvalue weighted by molar-refractivity contribution is 0.116. The maximum absolute atomic E-state index is 14.8. The van der Waals surface area contributed by atoms with Gasteiger partial charge in [0.2, 0.25) is 0 Å². The second-order valence-corrected chi connectivity index (χ2v) is 7.55. The highest BCUT2D eigenvalue weighted by Crippen LogP contribution is 2.30. The fourth-order valence-electron chi connectivity index (χ4n) is 3.96. The van der Waals surface area contributed by atoms with Gasteiger partial charge in [0.25, 0.3) is 0 Å². The summed E-state index contributed by atoms with van der Waals surface area (Å²) in [5.41, 5.74) is 3.00. The maximum Gasteiger partial charge on any atom is 0.136 e. The number of methoxy groups -OCH3 is 1. The topological polar surface area (TPSA) is 50.5 Å². The van der Waals surface area contributed by atoms with E-state index in [-0.39, 0.29) is 12.4 Å². The molecule has 3 aromatic rings. The molecule has 0 amide bonds. The molecule has 4 rings (SSSR count). The van der Waals surface area contributed by atoms with E-state index in [1.54, 1.807) is 12.1 Å². The molecule has 0 spiro atoms. The molecule has 1 atom stereocenters. The largest absolute Gasteiger partial charge is 0.497 e. The Morgan fingerprint density at radius 2 is 2.03 bits per heavy atom. The molecule has 1 N–H and O–H groups in total. The Hall–Kier alpha value is -2.70. The molecule has 5 nitrogen and oxygen atoms in total. The molecule has 0 saturated carbocycles. The maximum atomic E-state index is 14.8. The van der Waals surface area contributed by atoms with E-state index in [9.17, 15) is 9.50 Å². The number of benzene rings is 2. The predicted octanol–water partition coefficient (Wildman–Crippen LogP) is 3.89. The molecule has 6 heteroatoms. The first-order chi connectivity index (χ1) is 14.2. The van der Waals surface area contributed by atoms with Crippen molar-refractivity contribution in [1.82, 2.24) is 14.7 Å². The zero-order valence-electron chi connectivity index (χ0n) is 16.6. The summed E-state index contributed by atoms with van der Waals surface area (Å²) in [5, 5.41) is 14.3. The highest BCUT2D eigenvalue weighted by molar-refractivity contribution is 5.65. The monoisotopic (exact) mass is 395 g/mol. The van der Waals surface area contributed by atoms with Gasteiger partial charge in [-0.05, 0) is 49.6 Å². The van der Waals surface area contributed by atoms with Crippen LogP contribution in [0.5, 0.6) is 5.75 Å². The van der Waals surface area contributed by atoms with Gasteiger partial charge in [0.1, 0.15) is 17.3 Å².